The largest absolute Gasteiger partial charge is 0.467 e. The molecule has 0 radical (unpaired) electrons. The Bertz CT molecular complexity index is 1040. The Morgan fingerprint density at radius 2 is 1.94 bits per heavy atom. The summed E-state index contributed by atoms with van der Waals surface area (Å²) < 4.78 is 10.9. The van der Waals surface area contributed by atoms with E-state index in [2.05, 4.69) is 10.1 Å². The van der Waals surface area contributed by atoms with Crippen LogP contribution in [0.3, 0.4) is 0 Å². The molecule has 33 heavy (non-hydrogen) atoms. The second-order valence-electron chi connectivity index (χ2n) is 8.05. The zero-order valence-corrected chi connectivity index (χ0v) is 19.6. The first-order chi connectivity index (χ1) is 16.0. The van der Waals surface area contributed by atoms with Gasteiger partial charge in [-0.1, -0.05) is 52.6 Å². The van der Waals surface area contributed by atoms with Gasteiger partial charge in [0.05, 0.1) is 24.7 Å². The lowest BCUT2D eigenvalue weighted by molar-refractivity contribution is -0.00955. The van der Waals surface area contributed by atoms with Crippen LogP contribution >= 0.6 is 23.2 Å². The number of halogens is 2. The Hall–Kier alpha value is -2.35. The van der Waals surface area contributed by atoms with E-state index >= 15 is 0 Å². The lowest BCUT2D eigenvalue weighted by atomic mass is 10.0. The number of benzene rings is 2. The van der Waals surface area contributed by atoms with Crippen molar-refractivity contribution in [3.63, 3.8) is 0 Å². The summed E-state index contributed by atoms with van der Waals surface area (Å²) in [5.41, 5.74) is 2.94. The number of aliphatic hydroxyl groups excluding tert-OH is 1. The molecule has 1 aliphatic heterocycles. The molecular weight excluding hydrogens is 463 g/mol. The van der Waals surface area contributed by atoms with Crippen molar-refractivity contribution in [1.82, 2.24) is 4.90 Å². The highest BCUT2D eigenvalue weighted by Crippen LogP contribution is 2.21. The predicted octanol–water partition coefficient (Wildman–Crippen LogP) is 5.16. The molecule has 0 amide bonds. The number of oxime groups is 1. The first-order valence-electron chi connectivity index (χ1n) is 10.8. The van der Waals surface area contributed by atoms with Gasteiger partial charge in [-0.2, -0.15) is 0 Å². The minimum atomic E-state index is -0.669. The number of nitrogens with zero attached hydrogens (tertiary/aromatic N) is 2. The standard InChI is InChI=1S/C25H26Cl2N2O4/c26-20-8-6-19(7-9-20)25-12-24(33-28-25)15-29(13-18-3-1-4-21(27)11-18)14-22(30)16-31-17-23-5-2-10-32-23/h1-11,22,24,30H,12-17H2. The van der Waals surface area contributed by atoms with Crippen LogP contribution in [0.4, 0.5) is 0 Å². The first kappa shape index (κ1) is 23.8. The molecule has 1 N–H and O–H groups in total. The van der Waals surface area contributed by atoms with Gasteiger partial charge in [0.25, 0.3) is 0 Å². The van der Waals surface area contributed by atoms with Gasteiger partial charge >= 0.3 is 0 Å². The van der Waals surface area contributed by atoms with Gasteiger partial charge in [-0.05, 0) is 47.5 Å². The second-order valence-corrected chi connectivity index (χ2v) is 8.92. The van der Waals surface area contributed by atoms with E-state index in [9.17, 15) is 5.11 Å². The van der Waals surface area contributed by atoms with Crippen molar-refractivity contribution in [3.8, 4) is 0 Å². The smallest absolute Gasteiger partial charge is 0.145 e. The molecule has 2 unspecified atom stereocenters. The summed E-state index contributed by atoms with van der Waals surface area (Å²) in [5.74, 6) is 0.726. The first-order valence-corrected chi connectivity index (χ1v) is 11.5. The van der Waals surface area contributed by atoms with Gasteiger partial charge in [-0.15, -0.1) is 0 Å². The van der Waals surface area contributed by atoms with E-state index in [0.717, 1.165) is 22.6 Å². The van der Waals surface area contributed by atoms with Gasteiger partial charge < -0.3 is 19.1 Å². The van der Waals surface area contributed by atoms with Gasteiger partial charge in [0.1, 0.15) is 18.5 Å². The zero-order chi connectivity index (χ0) is 23.0. The fourth-order valence-electron chi connectivity index (χ4n) is 3.77. The van der Waals surface area contributed by atoms with Crippen molar-refractivity contribution < 1.29 is 19.1 Å². The van der Waals surface area contributed by atoms with Crippen molar-refractivity contribution in [1.29, 1.82) is 0 Å². The van der Waals surface area contributed by atoms with E-state index in [0.29, 0.717) is 42.7 Å². The molecule has 0 aliphatic carbocycles. The Kier molecular flexibility index (Phi) is 8.42. The van der Waals surface area contributed by atoms with E-state index < -0.39 is 6.10 Å². The number of hydrogen-bond acceptors (Lipinski definition) is 6. The summed E-state index contributed by atoms with van der Waals surface area (Å²) in [6, 6.07) is 18.9. The fourth-order valence-corrected chi connectivity index (χ4v) is 4.10. The number of rotatable bonds is 11. The van der Waals surface area contributed by atoms with E-state index in [1.807, 2.05) is 60.7 Å². The maximum Gasteiger partial charge on any atom is 0.145 e. The maximum absolute atomic E-state index is 10.6. The zero-order valence-electron chi connectivity index (χ0n) is 18.1. The number of hydrogen-bond donors (Lipinski definition) is 1. The van der Waals surface area contributed by atoms with Gasteiger partial charge in [0, 0.05) is 36.1 Å². The molecule has 4 rings (SSSR count). The Morgan fingerprint density at radius 1 is 1.09 bits per heavy atom. The third-order valence-electron chi connectivity index (χ3n) is 5.27. The highest BCUT2D eigenvalue weighted by atomic mass is 35.5. The molecule has 0 bridgehead atoms. The SMILES string of the molecule is OC(COCc1ccco1)CN(Cc1cccc(Cl)c1)CC1CC(c2ccc(Cl)cc2)=NO1. The van der Waals surface area contributed by atoms with Crippen LogP contribution in [0.1, 0.15) is 23.3 Å². The third kappa shape index (κ3) is 7.32. The van der Waals surface area contributed by atoms with E-state index in [4.69, 9.17) is 37.2 Å². The normalized spacial score (nSPS) is 16.6. The molecular formula is C25H26Cl2N2O4. The summed E-state index contributed by atoms with van der Waals surface area (Å²) in [5, 5.41) is 16.2. The third-order valence-corrected chi connectivity index (χ3v) is 5.76. The molecule has 3 aromatic rings. The monoisotopic (exact) mass is 488 g/mol. The molecule has 6 nitrogen and oxygen atoms in total. The summed E-state index contributed by atoms with van der Waals surface area (Å²) >= 11 is 12.2. The van der Waals surface area contributed by atoms with Crippen LogP contribution in [0, 0.1) is 0 Å². The highest BCUT2D eigenvalue weighted by molar-refractivity contribution is 6.31. The molecule has 2 heterocycles. The molecule has 0 saturated carbocycles. The summed E-state index contributed by atoms with van der Waals surface area (Å²) in [6.45, 7) is 2.16. The molecule has 0 saturated heterocycles. The van der Waals surface area contributed by atoms with E-state index in [1.54, 1.807) is 6.26 Å². The molecule has 2 aromatic carbocycles. The van der Waals surface area contributed by atoms with Gasteiger partial charge in [-0.25, -0.2) is 0 Å². The van der Waals surface area contributed by atoms with Crippen LogP contribution < -0.4 is 0 Å². The molecule has 1 aliphatic rings. The highest BCUT2D eigenvalue weighted by Gasteiger charge is 2.26. The molecule has 0 spiro atoms. The van der Waals surface area contributed by atoms with Crippen molar-refractivity contribution in [3.05, 3.63) is 93.9 Å². The maximum atomic E-state index is 10.6. The minimum Gasteiger partial charge on any atom is -0.467 e. The number of aliphatic hydroxyl groups is 1. The van der Waals surface area contributed by atoms with Gasteiger partial charge in [-0.3, -0.25) is 4.90 Å². The van der Waals surface area contributed by atoms with Crippen molar-refractivity contribution in [2.45, 2.75) is 31.8 Å². The van der Waals surface area contributed by atoms with Crippen molar-refractivity contribution in [2.75, 3.05) is 19.7 Å². The van der Waals surface area contributed by atoms with Gasteiger partial charge in [0.15, 0.2) is 0 Å². The predicted molar refractivity (Wildman–Crippen MR) is 129 cm³/mol. The molecule has 0 fully saturated rings. The molecule has 1 aromatic heterocycles. The van der Waals surface area contributed by atoms with Crippen LogP contribution in [-0.2, 0) is 22.7 Å². The number of ether oxygens (including phenoxy) is 1. The van der Waals surface area contributed by atoms with E-state index in [-0.39, 0.29) is 12.7 Å². The van der Waals surface area contributed by atoms with Gasteiger partial charge in [0.2, 0.25) is 0 Å². The molecule has 2 atom stereocenters. The van der Waals surface area contributed by atoms with Crippen LogP contribution in [0.25, 0.3) is 0 Å². The van der Waals surface area contributed by atoms with Crippen LogP contribution in [0.5, 0.6) is 0 Å². The van der Waals surface area contributed by atoms with Crippen molar-refractivity contribution >= 4 is 28.9 Å². The Morgan fingerprint density at radius 3 is 2.70 bits per heavy atom. The Balaban J connectivity index is 1.34. The lowest BCUT2D eigenvalue weighted by Crippen LogP contribution is -2.39. The topological polar surface area (TPSA) is 67.4 Å². The summed E-state index contributed by atoms with van der Waals surface area (Å²) in [6.07, 6.45) is 1.49. The Labute approximate surface area is 203 Å². The minimum absolute atomic E-state index is 0.119. The fraction of sp³-hybridized carbons (Fsp3) is 0.320. The average Bonchev–Trinajstić information content (AvgIpc) is 3.47. The number of furan rings is 1. The van der Waals surface area contributed by atoms with Crippen LogP contribution in [0.15, 0.2) is 76.5 Å². The van der Waals surface area contributed by atoms with Crippen LogP contribution in [-0.4, -0.2) is 47.6 Å². The van der Waals surface area contributed by atoms with Crippen LogP contribution in [0.2, 0.25) is 10.0 Å². The molecule has 8 heteroatoms. The second kappa shape index (κ2) is 11.7. The molecule has 174 valence electrons. The quantitative estimate of drug-likeness (QED) is 0.403. The summed E-state index contributed by atoms with van der Waals surface area (Å²) in [7, 11) is 0. The summed E-state index contributed by atoms with van der Waals surface area (Å²) in [4.78, 5) is 7.85. The van der Waals surface area contributed by atoms with Crippen molar-refractivity contribution in [2.24, 2.45) is 5.16 Å². The van der Waals surface area contributed by atoms with E-state index in [1.165, 1.54) is 0 Å². The average molecular weight is 489 g/mol. The lowest BCUT2D eigenvalue weighted by Gasteiger charge is -2.27.